The molecule has 4 nitrogen and oxygen atoms in total. The van der Waals surface area contributed by atoms with E-state index in [-0.39, 0.29) is 12.2 Å². The monoisotopic (exact) mass is 293 g/mol. The van der Waals surface area contributed by atoms with Crippen LogP contribution in [0.3, 0.4) is 0 Å². The summed E-state index contributed by atoms with van der Waals surface area (Å²) < 4.78 is 11.2. The van der Waals surface area contributed by atoms with Gasteiger partial charge in [0.25, 0.3) is 0 Å². The van der Waals surface area contributed by atoms with Crippen LogP contribution in [-0.4, -0.2) is 43.6 Å². The van der Waals surface area contributed by atoms with Crippen LogP contribution in [0.5, 0.6) is 0 Å². The first-order valence-corrected chi connectivity index (χ1v) is 7.81. The number of aliphatic hydroxyl groups is 1. The molecule has 0 aromatic heterocycles. The highest BCUT2D eigenvalue weighted by atomic mass is 16.5. The van der Waals surface area contributed by atoms with Gasteiger partial charge in [-0.05, 0) is 31.7 Å². The second-order valence-corrected chi connectivity index (χ2v) is 5.76. The van der Waals surface area contributed by atoms with Crippen LogP contribution in [0.15, 0.2) is 30.3 Å². The molecule has 1 aliphatic carbocycles. The maximum atomic E-state index is 10.0. The Morgan fingerprint density at radius 1 is 1.29 bits per heavy atom. The van der Waals surface area contributed by atoms with Crippen molar-refractivity contribution in [3.63, 3.8) is 0 Å². The average Bonchev–Trinajstić information content (AvgIpc) is 2.99. The van der Waals surface area contributed by atoms with Gasteiger partial charge in [-0.2, -0.15) is 0 Å². The molecule has 118 valence electrons. The fourth-order valence-corrected chi connectivity index (χ4v) is 2.86. The number of hydrogen-bond acceptors (Lipinski definition) is 4. The fraction of sp³-hybridized carbons (Fsp3) is 0.647. The molecule has 2 rings (SSSR count). The Morgan fingerprint density at radius 2 is 2.05 bits per heavy atom. The summed E-state index contributed by atoms with van der Waals surface area (Å²) in [6.45, 7) is 2.90. The number of benzene rings is 1. The van der Waals surface area contributed by atoms with Gasteiger partial charge in [0.05, 0.1) is 24.9 Å². The lowest BCUT2D eigenvalue weighted by Gasteiger charge is -2.22. The lowest BCUT2D eigenvalue weighted by atomic mass is 10.1. The molecule has 1 aliphatic rings. The van der Waals surface area contributed by atoms with Gasteiger partial charge in [-0.3, -0.25) is 0 Å². The van der Waals surface area contributed by atoms with E-state index in [0.29, 0.717) is 19.2 Å². The smallest absolute Gasteiger partial charge is 0.0898 e. The second kappa shape index (κ2) is 8.49. The highest BCUT2D eigenvalue weighted by Gasteiger charge is 2.27. The quantitative estimate of drug-likeness (QED) is 0.772. The molecule has 1 aromatic carbocycles. The van der Waals surface area contributed by atoms with Crippen LogP contribution in [0, 0.1) is 0 Å². The molecule has 4 unspecified atom stereocenters. The summed E-state index contributed by atoms with van der Waals surface area (Å²) in [7, 11) is 1.76. The normalized spacial score (nSPS) is 24.9. The maximum absolute atomic E-state index is 10.0. The molecule has 21 heavy (non-hydrogen) atoms. The molecular formula is C17H27NO3. The third-order valence-electron chi connectivity index (χ3n) is 4.18. The minimum absolute atomic E-state index is 0.000876. The summed E-state index contributed by atoms with van der Waals surface area (Å²) in [5.41, 5.74) is 1.13. The summed E-state index contributed by atoms with van der Waals surface area (Å²) in [4.78, 5) is 0. The van der Waals surface area contributed by atoms with Crippen LogP contribution in [0.25, 0.3) is 0 Å². The van der Waals surface area contributed by atoms with Crippen molar-refractivity contribution in [3.05, 3.63) is 35.9 Å². The molecule has 0 saturated heterocycles. The summed E-state index contributed by atoms with van der Waals surface area (Å²) in [6.07, 6.45) is 3.20. The van der Waals surface area contributed by atoms with Gasteiger partial charge in [-0.25, -0.2) is 0 Å². The third-order valence-corrected chi connectivity index (χ3v) is 4.18. The summed E-state index contributed by atoms with van der Waals surface area (Å²) in [6, 6.07) is 10.4. The van der Waals surface area contributed by atoms with Crippen LogP contribution in [0.1, 0.15) is 37.9 Å². The zero-order valence-electron chi connectivity index (χ0n) is 13.0. The zero-order chi connectivity index (χ0) is 15.1. The van der Waals surface area contributed by atoms with Crippen molar-refractivity contribution in [1.29, 1.82) is 0 Å². The van der Waals surface area contributed by atoms with Gasteiger partial charge < -0.3 is 19.9 Å². The van der Waals surface area contributed by atoms with E-state index in [2.05, 4.69) is 5.32 Å². The van der Waals surface area contributed by atoms with Crippen molar-refractivity contribution in [2.45, 2.75) is 50.5 Å². The van der Waals surface area contributed by atoms with Gasteiger partial charge in [0, 0.05) is 19.7 Å². The molecule has 4 atom stereocenters. The Hall–Kier alpha value is -0.940. The van der Waals surface area contributed by atoms with Crippen molar-refractivity contribution < 1.29 is 14.6 Å². The maximum Gasteiger partial charge on any atom is 0.0898 e. The van der Waals surface area contributed by atoms with E-state index in [1.165, 1.54) is 6.42 Å². The first kappa shape index (κ1) is 16.4. The number of aliphatic hydroxyl groups excluding tert-OH is 1. The first-order valence-electron chi connectivity index (χ1n) is 7.81. The lowest BCUT2D eigenvalue weighted by molar-refractivity contribution is -0.00530. The minimum Gasteiger partial charge on any atom is -0.389 e. The molecule has 0 bridgehead atoms. The van der Waals surface area contributed by atoms with Crippen molar-refractivity contribution in [1.82, 2.24) is 5.32 Å². The van der Waals surface area contributed by atoms with Crippen LogP contribution in [0.2, 0.25) is 0 Å². The molecule has 2 N–H and O–H groups in total. The second-order valence-electron chi connectivity index (χ2n) is 5.76. The lowest BCUT2D eigenvalue weighted by Crippen LogP contribution is -2.42. The zero-order valence-corrected chi connectivity index (χ0v) is 13.0. The average molecular weight is 293 g/mol. The summed E-state index contributed by atoms with van der Waals surface area (Å²) in [5.74, 6) is 0. The van der Waals surface area contributed by atoms with E-state index in [4.69, 9.17) is 9.47 Å². The van der Waals surface area contributed by atoms with Crippen LogP contribution >= 0.6 is 0 Å². The van der Waals surface area contributed by atoms with Crippen LogP contribution in [0.4, 0.5) is 0 Å². The Balaban J connectivity index is 1.66. The van der Waals surface area contributed by atoms with Crippen molar-refractivity contribution in [2.24, 2.45) is 0 Å². The highest BCUT2D eigenvalue weighted by molar-refractivity contribution is 5.16. The summed E-state index contributed by atoms with van der Waals surface area (Å²) >= 11 is 0. The van der Waals surface area contributed by atoms with Crippen molar-refractivity contribution >= 4 is 0 Å². The molecule has 4 heteroatoms. The van der Waals surface area contributed by atoms with E-state index in [9.17, 15) is 5.11 Å². The Labute approximate surface area is 127 Å². The number of nitrogens with one attached hydrogen (secondary N) is 1. The fourth-order valence-electron chi connectivity index (χ4n) is 2.86. The van der Waals surface area contributed by atoms with Gasteiger partial charge in [0.2, 0.25) is 0 Å². The largest absolute Gasteiger partial charge is 0.389 e. The Bertz CT molecular complexity index is 398. The number of ether oxygens (including phenoxy) is 2. The first-order chi connectivity index (χ1) is 10.2. The molecule has 0 spiro atoms. The molecule has 0 heterocycles. The number of methoxy groups -OCH3 is 1. The minimum atomic E-state index is -0.491. The van der Waals surface area contributed by atoms with E-state index in [0.717, 1.165) is 18.4 Å². The number of rotatable bonds is 8. The molecule has 1 fully saturated rings. The van der Waals surface area contributed by atoms with E-state index in [1.54, 1.807) is 7.11 Å². The highest BCUT2D eigenvalue weighted by Crippen LogP contribution is 2.21. The topological polar surface area (TPSA) is 50.7 Å². The van der Waals surface area contributed by atoms with E-state index >= 15 is 0 Å². The molecule has 1 saturated carbocycles. The summed E-state index contributed by atoms with van der Waals surface area (Å²) in [5, 5.41) is 13.4. The van der Waals surface area contributed by atoms with Gasteiger partial charge in [-0.15, -0.1) is 0 Å². The van der Waals surface area contributed by atoms with E-state index < -0.39 is 6.10 Å². The molecule has 0 radical (unpaired) electrons. The van der Waals surface area contributed by atoms with Crippen LogP contribution < -0.4 is 5.32 Å². The van der Waals surface area contributed by atoms with E-state index in [1.807, 2.05) is 37.3 Å². The predicted octanol–water partition coefficient (Wildman–Crippen LogP) is 2.28. The van der Waals surface area contributed by atoms with Gasteiger partial charge in [-0.1, -0.05) is 30.3 Å². The molecular weight excluding hydrogens is 266 g/mol. The van der Waals surface area contributed by atoms with Crippen LogP contribution in [-0.2, 0) is 9.47 Å². The van der Waals surface area contributed by atoms with Gasteiger partial charge >= 0.3 is 0 Å². The molecule has 0 aliphatic heterocycles. The SMILES string of the molecule is COC1CCCC1NCC(O)COC(C)c1ccccc1. The number of hydrogen-bond donors (Lipinski definition) is 2. The third kappa shape index (κ3) is 5.08. The predicted molar refractivity (Wildman–Crippen MR) is 83.3 cm³/mol. The Kier molecular flexibility index (Phi) is 6.64. The molecule has 0 amide bonds. The van der Waals surface area contributed by atoms with Crippen molar-refractivity contribution in [3.8, 4) is 0 Å². The Morgan fingerprint density at radius 3 is 2.76 bits per heavy atom. The standard InChI is InChI=1S/C17H27NO3/c1-13(14-7-4-3-5-8-14)21-12-15(19)11-18-16-9-6-10-17(16)20-2/h3-5,7-8,13,15-19H,6,9-12H2,1-2H3. The van der Waals surface area contributed by atoms with Gasteiger partial charge in [0.15, 0.2) is 0 Å². The molecule has 1 aromatic rings. The van der Waals surface area contributed by atoms with Crippen molar-refractivity contribution in [2.75, 3.05) is 20.3 Å². The van der Waals surface area contributed by atoms with Gasteiger partial charge in [0.1, 0.15) is 0 Å².